The molecule has 0 bridgehead atoms. The lowest BCUT2D eigenvalue weighted by Crippen LogP contribution is -2.02. The van der Waals surface area contributed by atoms with Gasteiger partial charge in [-0.25, -0.2) is 9.78 Å². The van der Waals surface area contributed by atoms with Crippen molar-refractivity contribution >= 4 is 45.9 Å². The third-order valence-electron chi connectivity index (χ3n) is 4.03. The first-order chi connectivity index (χ1) is 13.1. The highest BCUT2D eigenvalue weighted by molar-refractivity contribution is 7.99. The van der Waals surface area contributed by atoms with E-state index in [0.29, 0.717) is 26.9 Å². The van der Waals surface area contributed by atoms with Gasteiger partial charge in [0.05, 0.1) is 22.0 Å². The Morgan fingerprint density at radius 3 is 2.74 bits per heavy atom. The SMILES string of the molecule is CCSc1nc(-c2cc3ccccc3oc2=O)cn1-c1ccc(Cl)cc1Cl. The quantitative estimate of drug-likeness (QED) is 0.299. The summed E-state index contributed by atoms with van der Waals surface area (Å²) in [7, 11) is 0. The molecule has 0 N–H and O–H groups in total. The van der Waals surface area contributed by atoms with Crippen LogP contribution in [0.25, 0.3) is 27.9 Å². The van der Waals surface area contributed by atoms with Crippen LogP contribution in [0.3, 0.4) is 0 Å². The normalized spacial score (nSPS) is 11.2. The second kappa shape index (κ2) is 7.43. The van der Waals surface area contributed by atoms with E-state index in [1.165, 1.54) is 0 Å². The zero-order valence-electron chi connectivity index (χ0n) is 14.3. The van der Waals surface area contributed by atoms with Gasteiger partial charge in [-0.3, -0.25) is 4.57 Å². The van der Waals surface area contributed by atoms with E-state index in [1.807, 2.05) is 35.8 Å². The van der Waals surface area contributed by atoms with Crippen LogP contribution in [0.4, 0.5) is 0 Å². The number of fused-ring (bicyclic) bond motifs is 1. The lowest BCUT2D eigenvalue weighted by Gasteiger charge is -2.08. The molecule has 0 atom stereocenters. The number of thioether (sulfide) groups is 1. The van der Waals surface area contributed by atoms with Crippen LogP contribution < -0.4 is 5.63 Å². The van der Waals surface area contributed by atoms with Gasteiger partial charge in [0.2, 0.25) is 0 Å². The first-order valence-corrected chi connectivity index (χ1v) is 10.0. The molecular formula is C20H14Cl2N2O2S. The summed E-state index contributed by atoms with van der Waals surface area (Å²) < 4.78 is 7.32. The van der Waals surface area contributed by atoms with Gasteiger partial charge < -0.3 is 4.42 Å². The van der Waals surface area contributed by atoms with Gasteiger partial charge in [0, 0.05) is 16.6 Å². The Labute approximate surface area is 169 Å². The van der Waals surface area contributed by atoms with Crippen LogP contribution in [0.2, 0.25) is 10.0 Å². The van der Waals surface area contributed by atoms with Gasteiger partial charge in [-0.05, 0) is 36.1 Å². The highest BCUT2D eigenvalue weighted by Gasteiger charge is 2.17. The molecule has 7 heteroatoms. The molecule has 0 amide bonds. The van der Waals surface area contributed by atoms with E-state index in [9.17, 15) is 4.79 Å². The molecule has 0 radical (unpaired) electrons. The molecule has 0 aliphatic carbocycles. The van der Waals surface area contributed by atoms with Crippen LogP contribution in [-0.2, 0) is 0 Å². The Kier molecular flexibility index (Phi) is 5.00. The van der Waals surface area contributed by atoms with Gasteiger partial charge in [-0.2, -0.15) is 0 Å². The summed E-state index contributed by atoms with van der Waals surface area (Å²) in [6.45, 7) is 2.04. The van der Waals surface area contributed by atoms with Gasteiger partial charge in [0.15, 0.2) is 5.16 Å². The molecule has 2 heterocycles. The van der Waals surface area contributed by atoms with E-state index in [2.05, 4.69) is 4.98 Å². The minimum absolute atomic E-state index is 0.412. The summed E-state index contributed by atoms with van der Waals surface area (Å²) in [5.41, 5.74) is 1.83. The molecule has 0 saturated carbocycles. The van der Waals surface area contributed by atoms with Crippen molar-refractivity contribution < 1.29 is 4.42 Å². The zero-order valence-corrected chi connectivity index (χ0v) is 16.6. The molecule has 0 aliphatic heterocycles. The maximum atomic E-state index is 12.5. The Morgan fingerprint density at radius 2 is 1.96 bits per heavy atom. The summed E-state index contributed by atoms with van der Waals surface area (Å²) in [6.07, 6.45) is 1.80. The zero-order chi connectivity index (χ0) is 19.0. The molecule has 0 unspecified atom stereocenters. The Hall–Kier alpha value is -2.21. The Morgan fingerprint density at radius 1 is 1.15 bits per heavy atom. The maximum Gasteiger partial charge on any atom is 0.345 e. The monoisotopic (exact) mass is 416 g/mol. The van der Waals surface area contributed by atoms with E-state index in [1.54, 1.807) is 42.2 Å². The van der Waals surface area contributed by atoms with E-state index < -0.39 is 5.63 Å². The second-order valence-electron chi connectivity index (χ2n) is 5.79. The summed E-state index contributed by atoms with van der Waals surface area (Å²) in [5.74, 6) is 0.827. The van der Waals surface area contributed by atoms with Crippen molar-refractivity contribution in [1.29, 1.82) is 0 Å². The number of imidazole rings is 1. The highest BCUT2D eigenvalue weighted by Crippen LogP contribution is 2.31. The molecule has 136 valence electrons. The number of hydrogen-bond donors (Lipinski definition) is 0. The molecule has 0 fully saturated rings. The molecule has 0 aliphatic rings. The predicted molar refractivity (Wildman–Crippen MR) is 111 cm³/mol. The maximum absolute atomic E-state index is 12.5. The van der Waals surface area contributed by atoms with Gasteiger partial charge in [0.25, 0.3) is 0 Å². The molecule has 4 nitrogen and oxygen atoms in total. The summed E-state index contributed by atoms with van der Waals surface area (Å²) >= 11 is 14.0. The minimum atomic E-state index is -0.423. The van der Waals surface area contributed by atoms with Crippen molar-refractivity contribution in [1.82, 2.24) is 9.55 Å². The third kappa shape index (κ3) is 3.50. The molecule has 4 rings (SSSR count). The summed E-state index contributed by atoms with van der Waals surface area (Å²) in [6, 6.07) is 14.5. The van der Waals surface area contributed by atoms with Crippen molar-refractivity contribution in [2.24, 2.45) is 0 Å². The predicted octanol–water partition coefficient (Wildman–Crippen LogP) is 6.06. The highest BCUT2D eigenvalue weighted by atomic mass is 35.5. The van der Waals surface area contributed by atoms with Gasteiger partial charge in [-0.15, -0.1) is 0 Å². The molecule has 2 aromatic carbocycles. The van der Waals surface area contributed by atoms with E-state index >= 15 is 0 Å². The Bertz CT molecular complexity index is 1200. The largest absolute Gasteiger partial charge is 0.422 e. The minimum Gasteiger partial charge on any atom is -0.422 e. The fraction of sp³-hybridized carbons (Fsp3) is 0.100. The van der Waals surface area contributed by atoms with E-state index in [0.717, 1.165) is 22.0 Å². The standard InChI is InChI=1S/C20H14Cl2N2O2S/c1-2-27-20-23-16(11-24(20)17-8-7-13(21)10-15(17)22)14-9-12-5-3-4-6-18(12)26-19(14)25/h3-11H,2H2,1H3. The lowest BCUT2D eigenvalue weighted by atomic mass is 10.1. The van der Waals surface area contributed by atoms with Crippen molar-refractivity contribution in [2.45, 2.75) is 12.1 Å². The molecule has 4 aromatic rings. The van der Waals surface area contributed by atoms with Crippen molar-refractivity contribution in [3.8, 4) is 16.9 Å². The summed E-state index contributed by atoms with van der Waals surface area (Å²) in [4.78, 5) is 17.1. The van der Waals surface area contributed by atoms with Crippen LogP contribution in [0, 0.1) is 0 Å². The number of nitrogens with zero attached hydrogens (tertiary/aromatic N) is 2. The fourth-order valence-corrected chi connectivity index (χ4v) is 4.02. The van der Waals surface area contributed by atoms with Crippen molar-refractivity contribution in [3.05, 3.63) is 75.2 Å². The third-order valence-corrected chi connectivity index (χ3v) is 5.41. The van der Waals surface area contributed by atoms with Crippen LogP contribution in [0.15, 0.2) is 69.1 Å². The van der Waals surface area contributed by atoms with Crippen molar-refractivity contribution in [2.75, 3.05) is 5.75 Å². The van der Waals surface area contributed by atoms with Crippen molar-refractivity contribution in [3.63, 3.8) is 0 Å². The summed E-state index contributed by atoms with van der Waals surface area (Å²) in [5, 5.41) is 2.65. The molecule has 0 saturated heterocycles. The topological polar surface area (TPSA) is 48.0 Å². The van der Waals surface area contributed by atoms with Crippen LogP contribution in [0.1, 0.15) is 6.92 Å². The van der Waals surface area contributed by atoms with E-state index in [-0.39, 0.29) is 0 Å². The average molecular weight is 417 g/mol. The average Bonchev–Trinajstić information content (AvgIpc) is 3.05. The lowest BCUT2D eigenvalue weighted by molar-refractivity contribution is 0.563. The molecule has 0 spiro atoms. The van der Waals surface area contributed by atoms with Crippen LogP contribution in [-0.4, -0.2) is 15.3 Å². The van der Waals surface area contributed by atoms with Gasteiger partial charge >= 0.3 is 5.63 Å². The fourth-order valence-electron chi connectivity index (χ4n) is 2.81. The van der Waals surface area contributed by atoms with Crippen LogP contribution >= 0.6 is 35.0 Å². The first-order valence-electron chi connectivity index (χ1n) is 8.27. The molecular weight excluding hydrogens is 403 g/mol. The number of benzene rings is 2. The number of rotatable bonds is 4. The molecule has 2 aromatic heterocycles. The van der Waals surface area contributed by atoms with E-state index in [4.69, 9.17) is 27.6 Å². The number of hydrogen-bond acceptors (Lipinski definition) is 4. The first kappa shape index (κ1) is 18.2. The number of para-hydroxylation sites is 1. The number of aromatic nitrogens is 2. The van der Waals surface area contributed by atoms with Gasteiger partial charge in [0.1, 0.15) is 5.58 Å². The second-order valence-corrected chi connectivity index (χ2v) is 7.87. The Balaban J connectivity index is 1.90. The smallest absolute Gasteiger partial charge is 0.345 e. The van der Waals surface area contributed by atoms with Gasteiger partial charge in [-0.1, -0.05) is 60.1 Å². The van der Waals surface area contributed by atoms with Crippen LogP contribution in [0.5, 0.6) is 0 Å². The number of halogens is 2. The molecule has 27 heavy (non-hydrogen) atoms.